The van der Waals surface area contributed by atoms with Gasteiger partial charge in [-0.25, -0.2) is 13.2 Å². The summed E-state index contributed by atoms with van der Waals surface area (Å²) in [7, 11) is -2.46. The molecule has 1 aromatic carbocycles. The van der Waals surface area contributed by atoms with Gasteiger partial charge in [0.25, 0.3) is 0 Å². The maximum absolute atomic E-state index is 12.1. The Balaban J connectivity index is 2.63. The standard InChI is InChI=1S/C14H19NO6S/c1-10-3-5-11(6-4-10)22(19,20)8-7-13(17)15-12(9-16)14(18)21-2/h3-6,12,16H,7-9H2,1-2H3,(H,15,17)/t12-/m0/s1. The molecule has 7 nitrogen and oxygen atoms in total. The second kappa shape index (κ2) is 7.90. The quantitative estimate of drug-likeness (QED) is 0.671. The van der Waals surface area contributed by atoms with Crippen molar-refractivity contribution in [2.75, 3.05) is 19.5 Å². The topological polar surface area (TPSA) is 110 Å². The van der Waals surface area contributed by atoms with Crippen molar-refractivity contribution >= 4 is 21.7 Å². The van der Waals surface area contributed by atoms with Crippen LogP contribution >= 0.6 is 0 Å². The van der Waals surface area contributed by atoms with Gasteiger partial charge in [0, 0.05) is 6.42 Å². The van der Waals surface area contributed by atoms with Crippen LogP contribution in [0.15, 0.2) is 29.2 Å². The van der Waals surface area contributed by atoms with Crippen molar-refractivity contribution < 1.29 is 27.9 Å². The van der Waals surface area contributed by atoms with Gasteiger partial charge in [-0.3, -0.25) is 4.79 Å². The number of aliphatic hydroxyl groups is 1. The van der Waals surface area contributed by atoms with Crippen molar-refractivity contribution in [2.45, 2.75) is 24.3 Å². The highest BCUT2D eigenvalue weighted by Gasteiger charge is 2.22. The zero-order valence-electron chi connectivity index (χ0n) is 12.4. The van der Waals surface area contributed by atoms with Gasteiger partial charge in [0.1, 0.15) is 0 Å². The van der Waals surface area contributed by atoms with E-state index < -0.39 is 34.4 Å². The van der Waals surface area contributed by atoms with Crippen LogP contribution < -0.4 is 5.32 Å². The Morgan fingerprint density at radius 2 is 1.86 bits per heavy atom. The van der Waals surface area contributed by atoms with Gasteiger partial charge >= 0.3 is 5.97 Å². The first-order valence-electron chi connectivity index (χ1n) is 6.57. The minimum absolute atomic E-state index is 0.137. The number of aliphatic hydroxyl groups excluding tert-OH is 1. The summed E-state index contributed by atoms with van der Waals surface area (Å²) in [4.78, 5) is 23.0. The van der Waals surface area contributed by atoms with Gasteiger partial charge < -0.3 is 15.2 Å². The third-order valence-electron chi connectivity index (χ3n) is 2.98. The van der Waals surface area contributed by atoms with Crippen LogP contribution in [0.3, 0.4) is 0 Å². The van der Waals surface area contributed by atoms with Crippen molar-refractivity contribution in [3.63, 3.8) is 0 Å². The number of carbonyl (C=O) groups is 2. The molecule has 122 valence electrons. The van der Waals surface area contributed by atoms with Crippen LogP contribution in [0.4, 0.5) is 0 Å². The first-order valence-corrected chi connectivity index (χ1v) is 8.23. The maximum Gasteiger partial charge on any atom is 0.330 e. The molecule has 0 aliphatic heterocycles. The molecule has 0 heterocycles. The van der Waals surface area contributed by atoms with Gasteiger partial charge in [0.05, 0.1) is 24.4 Å². The first kappa shape index (κ1) is 18.1. The highest BCUT2D eigenvalue weighted by atomic mass is 32.2. The lowest BCUT2D eigenvalue weighted by Crippen LogP contribution is -2.44. The molecule has 1 rings (SSSR count). The van der Waals surface area contributed by atoms with Crippen LogP contribution in [0.1, 0.15) is 12.0 Å². The number of carbonyl (C=O) groups excluding carboxylic acids is 2. The predicted octanol–water partition coefficient (Wildman–Crippen LogP) is -0.191. The van der Waals surface area contributed by atoms with E-state index in [4.69, 9.17) is 5.11 Å². The van der Waals surface area contributed by atoms with E-state index in [0.717, 1.165) is 12.7 Å². The van der Waals surface area contributed by atoms with Crippen molar-refractivity contribution in [3.05, 3.63) is 29.8 Å². The first-order chi connectivity index (χ1) is 10.3. The molecule has 22 heavy (non-hydrogen) atoms. The molecule has 0 radical (unpaired) electrons. The molecule has 0 saturated heterocycles. The third-order valence-corrected chi connectivity index (χ3v) is 4.71. The van der Waals surface area contributed by atoms with E-state index in [1.54, 1.807) is 12.1 Å². The molecule has 0 aliphatic rings. The fraction of sp³-hybridized carbons (Fsp3) is 0.429. The summed E-state index contributed by atoms with van der Waals surface area (Å²) in [6.07, 6.45) is -0.316. The van der Waals surface area contributed by atoms with Gasteiger partial charge in [-0.1, -0.05) is 17.7 Å². The zero-order chi connectivity index (χ0) is 16.8. The molecular weight excluding hydrogens is 310 g/mol. The zero-order valence-corrected chi connectivity index (χ0v) is 13.2. The smallest absolute Gasteiger partial charge is 0.330 e. The van der Waals surface area contributed by atoms with Gasteiger partial charge in [-0.15, -0.1) is 0 Å². The Bertz CT molecular complexity index is 623. The Kier molecular flexibility index (Phi) is 6.51. The van der Waals surface area contributed by atoms with Crippen LogP contribution in [0.2, 0.25) is 0 Å². The molecule has 0 saturated carbocycles. The molecule has 0 aromatic heterocycles. The fourth-order valence-electron chi connectivity index (χ4n) is 1.68. The number of aryl methyl sites for hydroxylation is 1. The molecule has 0 spiro atoms. The fourth-order valence-corrected chi connectivity index (χ4v) is 2.92. The lowest BCUT2D eigenvalue weighted by Gasteiger charge is -2.13. The van der Waals surface area contributed by atoms with Crippen LogP contribution in [0.25, 0.3) is 0 Å². The molecule has 1 amide bonds. The van der Waals surface area contributed by atoms with Crippen LogP contribution in [0.5, 0.6) is 0 Å². The number of rotatable bonds is 7. The monoisotopic (exact) mass is 329 g/mol. The van der Waals surface area contributed by atoms with Gasteiger partial charge in [0.2, 0.25) is 5.91 Å². The average Bonchev–Trinajstić information content (AvgIpc) is 2.50. The number of ether oxygens (including phenoxy) is 1. The molecule has 2 N–H and O–H groups in total. The largest absolute Gasteiger partial charge is 0.467 e. The summed E-state index contributed by atoms with van der Waals surface area (Å²) >= 11 is 0. The third kappa shape index (κ3) is 5.12. The molecular formula is C14H19NO6S. The van der Waals surface area contributed by atoms with E-state index in [1.807, 2.05) is 6.92 Å². The number of methoxy groups -OCH3 is 1. The summed E-state index contributed by atoms with van der Waals surface area (Å²) in [5.74, 6) is -1.83. The van der Waals surface area contributed by atoms with E-state index in [0.29, 0.717) is 0 Å². The Morgan fingerprint density at radius 1 is 1.27 bits per heavy atom. The molecule has 1 atom stereocenters. The number of benzene rings is 1. The Morgan fingerprint density at radius 3 is 2.36 bits per heavy atom. The Labute approximate surface area is 129 Å². The van der Waals surface area contributed by atoms with Crippen molar-refractivity contribution in [3.8, 4) is 0 Å². The second-order valence-electron chi connectivity index (χ2n) is 4.71. The molecule has 0 fully saturated rings. The number of hydrogen-bond acceptors (Lipinski definition) is 6. The van der Waals surface area contributed by atoms with Crippen LogP contribution in [-0.4, -0.2) is 50.9 Å². The highest BCUT2D eigenvalue weighted by Crippen LogP contribution is 2.13. The minimum Gasteiger partial charge on any atom is -0.467 e. The predicted molar refractivity (Wildman–Crippen MR) is 78.9 cm³/mol. The van der Waals surface area contributed by atoms with Crippen LogP contribution in [0, 0.1) is 6.92 Å². The lowest BCUT2D eigenvalue weighted by atomic mass is 10.2. The van der Waals surface area contributed by atoms with Crippen molar-refractivity contribution in [2.24, 2.45) is 0 Å². The van der Waals surface area contributed by atoms with Crippen molar-refractivity contribution in [1.29, 1.82) is 0 Å². The van der Waals surface area contributed by atoms with E-state index in [9.17, 15) is 18.0 Å². The SMILES string of the molecule is COC(=O)[C@H](CO)NC(=O)CCS(=O)(=O)c1ccc(C)cc1. The average molecular weight is 329 g/mol. The molecule has 8 heteroatoms. The normalized spacial score (nSPS) is 12.5. The van der Waals surface area contributed by atoms with E-state index >= 15 is 0 Å². The number of amides is 1. The lowest BCUT2D eigenvalue weighted by molar-refractivity contribution is -0.146. The van der Waals surface area contributed by atoms with Gasteiger partial charge in [-0.05, 0) is 19.1 Å². The number of esters is 1. The molecule has 0 unspecified atom stereocenters. The summed E-state index contributed by atoms with van der Waals surface area (Å²) in [6, 6.07) is 5.11. The van der Waals surface area contributed by atoms with E-state index in [-0.39, 0.29) is 17.1 Å². The van der Waals surface area contributed by atoms with Crippen molar-refractivity contribution in [1.82, 2.24) is 5.32 Å². The summed E-state index contributed by atoms with van der Waals surface area (Å²) in [5, 5.41) is 11.2. The summed E-state index contributed by atoms with van der Waals surface area (Å²) in [5.41, 5.74) is 0.931. The maximum atomic E-state index is 12.1. The molecule has 1 aromatic rings. The Hall–Kier alpha value is -1.93. The van der Waals surface area contributed by atoms with E-state index in [1.165, 1.54) is 12.1 Å². The molecule has 0 aliphatic carbocycles. The second-order valence-corrected chi connectivity index (χ2v) is 6.82. The van der Waals surface area contributed by atoms with Gasteiger partial charge in [-0.2, -0.15) is 0 Å². The number of nitrogens with one attached hydrogen (secondary N) is 1. The highest BCUT2D eigenvalue weighted by molar-refractivity contribution is 7.91. The number of hydrogen-bond donors (Lipinski definition) is 2. The molecule has 0 bridgehead atoms. The summed E-state index contributed by atoms with van der Waals surface area (Å²) in [6.45, 7) is 1.22. The van der Waals surface area contributed by atoms with Crippen LogP contribution in [-0.2, 0) is 24.2 Å². The van der Waals surface area contributed by atoms with Gasteiger partial charge in [0.15, 0.2) is 15.9 Å². The van der Waals surface area contributed by atoms with E-state index in [2.05, 4.69) is 10.1 Å². The minimum atomic E-state index is -3.58. The number of sulfone groups is 1. The summed E-state index contributed by atoms with van der Waals surface area (Å²) < 4.78 is 28.5.